The summed E-state index contributed by atoms with van der Waals surface area (Å²) in [4.78, 5) is 18.7. The molecule has 1 N–H and O–H groups in total. The maximum Gasteiger partial charge on any atom is 0.251 e. The van der Waals surface area contributed by atoms with E-state index in [9.17, 15) is 4.79 Å². The highest BCUT2D eigenvalue weighted by molar-refractivity contribution is 7.98. The Morgan fingerprint density at radius 3 is 3.13 bits per heavy atom. The first kappa shape index (κ1) is 16.3. The van der Waals surface area contributed by atoms with E-state index in [1.54, 1.807) is 7.11 Å². The standard InChI is InChI=1S/C15H15ClN2O4S/c1-20-6-12-4-13(19)18-15(17-12)23-7-10-3-11(16)2-9-5-21-8-22-14(9)10/h2-4H,5-8H2,1H3,(H,17,18,19). The van der Waals surface area contributed by atoms with Gasteiger partial charge in [-0.05, 0) is 12.1 Å². The molecular formula is C15H15ClN2O4S. The first-order valence-electron chi connectivity index (χ1n) is 6.89. The van der Waals surface area contributed by atoms with Crippen molar-refractivity contribution in [1.29, 1.82) is 0 Å². The third kappa shape index (κ3) is 4.06. The molecule has 0 radical (unpaired) electrons. The Balaban J connectivity index is 1.81. The van der Waals surface area contributed by atoms with Gasteiger partial charge < -0.3 is 19.2 Å². The number of aromatic amines is 1. The molecule has 1 aromatic heterocycles. The van der Waals surface area contributed by atoms with Gasteiger partial charge in [-0.25, -0.2) is 4.98 Å². The molecule has 8 heteroatoms. The lowest BCUT2D eigenvalue weighted by atomic mass is 10.1. The quantitative estimate of drug-likeness (QED) is 0.657. The van der Waals surface area contributed by atoms with Gasteiger partial charge in [0.1, 0.15) is 5.75 Å². The van der Waals surface area contributed by atoms with Crippen molar-refractivity contribution in [2.75, 3.05) is 13.9 Å². The molecule has 23 heavy (non-hydrogen) atoms. The van der Waals surface area contributed by atoms with Crippen molar-refractivity contribution in [3.8, 4) is 5.75 Å². The molecule has 1 aliphatic heterocycles. The molecule has 3 rings (SSSR count). The summed E-state index contributed by atoms with van der Waals surface area (Å²) in [6.45, 7) is 1.00. The molecule has 0 bridgehead atoms. The Hall–Kier alpha value is -1.54. The number of rotatable bonds is 5. The van der Waals surface area contributed by atoms with Crippen molar-refractivity contribution < 1.29 is 14.2 Å². The first-order valence-corrected chi connectivity index (χ1v) is 8.26. The highest BCUT2D eigenvalue weighted by Crippen LogP contribution is 2.34. The van der Waals surface area contributed by atoms with E-state index >= 15 is 0 Å². The van der Waals surface area contributed by atoms with Crippen LogP contribution >= 0.6 is 23.4 Å². The molecule has 0 fully saturated rings. The largest absolute Gasteiger partial charge is 0.467 e. The van der Waals surface area contributed by atoms with Crippen molar-refractivity contribution in [1.82, 2.24) is 9.97 Å². The summed E-state index contributed by atoms with van der Waals surface area (Å²) in [6, 6.07) is 5.12. The van der Waals surface area contributed by atoms with Gasteiger partial charge in [0.2, 0.25) is 0 Å². The zero-order chi connectivity index (χ0) is 16.2. The van der Waals surface area contributed by atoms with Crippen LogP contribution in [0, 0.1) is 0 Å². The molecule has 0 saturated heterocycles. The lowest BCUT2D eigenvalue weighted by Gasteiger charge is -2.20. The Kier molecular flexibility index (Phi) is 5.22. The van der Waals surface area contributed by atoms with Crippen LogP contribution in [0.15, 0.2) is 28.2 Å². The lowest BCUT2D eigenvalue weighted by Crippen LogP contribution is -2.13. The summed E-state index contributed by atoms with van der Waals surface area (Å²) in [5.41, 5.74) is 2.26. The average Bonchev–Trinajstić information content (AvgIpc) is 2.52. The Labute approximate surface area is 142 Å². The van der Waals surface area contributed by atoms with Crippen LogP contribution in [0.25, 0.3) is 0 Å². The van der Waals surface area contributed by atoms with Crippen molar-refractivity contribution in [2.24, 2.45) is 0 Å². The van der Waals surface area contributed by atoms with Gasteiger partial charge in [0.05, 0.1) is 18.9 Å². The molecule has 6 nitrogen and oxygen atoms in total. The van der Waals surface area contributed by atoms with Crippen molar-refractivity contribution in [3.63, 3.8) is 0 Å². The lowest BCUT2D eigenvalue weighted by molar-refractivity contribution is -0.0168. The molecule has 0 amide bonds. The number of aromatic nitrogens is 2. The highest BCUT2D eigenvalue weighted by atomic mass is 35.5. The van der Waals surface area contributed by atoms with E-state index in [0.717, 1.165) is 16.9 Å². The van der Waals surface area contributed by atoms with Gasteiger partial charge >= 0.3 is 0 Å². The van der Waals surface area contributed by atoms with Crippen LogP contribution in [0.3, 0.4) is 0 Å². The van der Waals surface area contributed by atoms with Gasteiger partial charge in [0.15, 0.2) is 11.9 Å². The minimum atomic E-state index is -0.202. The van der Waals surface area contributed by atoms with E-state index in [0.29, 0.717) is 34.8 Å². The second-order valence-corrected chi connectivity index (χ2v) is 6.33. The predicted molar refractivity (Wildman–Crippen MR) is 86.9 cm³/mol. The van der Waals surface area contributed by atoms with Crippen molar-refractivity contribution >= 4 is 23.4 Å². The minimum Gasteiger partial charge on any atom is -0.467 e. The van der Waals surface area contributed by atoms with Gasteiger partial charge in [-0.2, -0.15) is 0 Å². The Morgan fingerprint density at radius 2 is 2.30 bits per heavy atom. The molecule has 1 aromatic carbocycles. The molecule has 122 valence electrons. The molecule has 2 aromatic rings. The molecule has 0 atom stereocenters. The number of methoxy groups -OCH3 is 1. The molecule has 1 aliphatic rings. The maximum atomic E-state index is 11.7. The number of nitrogens with zero attached hydrogens (tertiary/aromatic N) is 1. The zero-order valence-corrected chi connectivity index (χ0v) is 14.0. The molecule has 0 spiro atoms. The van der Waals surface area contributed by atoms with Crippen molar-refractivity contribution in [2.45, 2.75) is 24.1 Å². The van der Waals surface area contributed by atoms with Gasteiger partial charge in [-0.15, -0.1) is 0 Å². The fraction of sp³-hybridized carbons (Fsp3) is 0.333. The van der Waals surface area contributed by atoms with Crippen LogP contribution in [0.1, 0.15) is 16.8 Å². The Morgan fingerprint density at radius 1 is 1.43 bits per heavy atom. The van der Waals surface area contributed by atoms with Gasteiger partial charge in [0.25, 0.3) is 5.56 Å². The van der Waals surface area contributed by atoms with Crippen LogP contribution in [0.5, 0.6) is 5.75 Å². The van der Waals surface area contributed by atoms with E-state index < -0.39 is 0 Å². The summed E-state index contributed by atoms with van der Waals surface area (Å²) >= 11 is 7.55. The smallest absolute Gasteiger partial charge is 0.251 e. The predicted octanol–water partition coefficient (Wildman–Crippen LogP) is 2.73. The summed E-state index contributed by atoms with van der Waals surface area (Å²) < 4.78 is 15.9. The molecule has 2 heterocycles. The maximum absolute atomic E-state index is 11.7. The van der Waals surface area contributed by atoms with Crippen molar-refractivity contribution in [3.05, 3.63) is 50.4 Å². The van der Waals surface area contributed by atoms with Gasteiger partial charge in [-0.3, -0.25) is 4.79 Å². The molecule has 0 saturated carbocycles. The highest BCUT2D eigenvalue weighted by Gasteiger charge is 2.17. The number of H-pyrrole nitrogens is 1. The summed E-state index contributed by atoms with van der Waals surface area (Å²) in [5.74, 6) is 1.37. The first-order chi connectivity index (χ1) is 11.2. The van der Waals surface area contributed by atoms with Crippen LogP contribution in [-0.2, 0) is 28.4 Å². The number of fused-ring (bicyclic) bond motifs is 1. The summed E-state index contributed by atoms with van der Waals surface area (Å²) in [6.07, 6.45) is 0. The second-order valence-electron chi connectivity index (χ2n) is 4.93. The van der Waals surface area contributed by atoms with E-state index in [4.69, 9.17) is 25.8 Å². The fourth-order valence-electron chi connectivity index (χ4n) is 2.28. The number of hydrogen-bond donors (Lipinski definition) is 1. The SMILES string of the molecule is COCc1cc(=O)[nH]c(SCc2cc(Cl)cc3c2OCOC3)n1. The van der Waals surface area contributed by atoms with Crippen LogP contribution < -0.4 is 10.3 Å². The number of nitrogens with one attached hydrogen (secondary N) is 1. The van der Waals surface area contributed by atoms with E-state index in [2.05, 4.69) is 9.97 Å². The number of benzene rings is 1. The monoisotopic (exact) mass is 354 g/mol. The molecular weight excluding hydrogens is 340 g/mol. The number of thioether (sulfide) groups is 1. The second kappa shape index (κ2) is 7.35. The fourth-order valence-corrected chi connectivity index (χ4v) is 3.41. The average molecular weight is 355 g/mol. The molecule has 0 unspecified atom stereocenters. The third-order valence-corrected chi connectivity index (χ3v) is 4.32. The minimum absolute atomic E-state index is 0.202. The summed E-state index contributed by atoms with van der Waals surface area (Å²) in [5, 5.41) is 1.16. The van der Waals surface area contributed by atoms with Crippen LogP contribution in [0.4, 0.5) is 0 Å². The van der Waals surface area contributed by atoms with E-state index in [1.165, 1.54) is 17.8 Å². The Bertz CT molecular complexity index is 766. The number of ether oxygens (including phenoxy) is 3. The van der Waals surface area contributed by atoms with E-state index in [-0.39, 0.29) is 12.4 Å². The normalized spacial score (nSPS) is 13.5. The zero-order valence-electron chi connectivity index (χ0n) is 12.4. The third-order valence-electron chi connectivity index (χ3n) is 3.18. The van der Waals surface area contributed by atoms with Crippen LogP contribution in [0.2, 0.25) is 5.02 Å². The summed E-state index contributed by atoms with van der Waals surface area (Å²) in [7, 11) is 1.56. The number of hydrogen-bond acceptors (Lipinski definition) is 6. The topological polar surface area (TPSA) is 73.4 Å². The van der Waals surface area contributed by atoms with Gasteiger partial charge in [0, 0.05) is 35.1 Å². The van der Waals surface area contributed by atoms with E-state index in [1.807, 2.05) is 12.1 Å². The number of halogens is 1. The molecule has 0 aliphatic carbocycles. The van der Waals surface area contributed by atoms with Gasteiger partial charge in [-0.1, -0.05) is 23.4 Å². The van der Waals surface area contributed by atoms with Crippen LogP contribution in [-0.4, -0.2) is 23.9 Å².